The largest absolute Gasteiger partial charge is 0.507 e. The molecule has 0 saturated carbocycles. The normalized spacial score (nSPS) is 10.4. The Bertz CT molecular complexity index is 509. The monoisotopic (exact) mass is 216 g/mol. The minimum absolute atomic E-state index is 0.223. The first-order chi connectivity index (χ1) is 7.59. The molecule has 1 nitrogen and oxygen atoms in total. The highest BCUT2D eigenvalue weighted by Gasteiger charge is 2.10. The van der Waals surface area contributed by atoms with Gasteiger partial charge in [-0.15, -0.1) is 0 Å². The van der Waals surface area contributed by atoms with Crippen LogP contribution in [0, 0.1) is 19.7 Å². The quantitative estimate of drug-likeness (QED) is 0.768. The smallest absolute Gasteiger partial charge is 0.123 e. The molecule has 0 atom stereocenters. The lowest BCUT2D eigenvalue weighted by Gasteiger charge is -2.11. The summed E-state index contributed by atoms with van der Waals surface area (Å²) in [5.74, 6) is -0.0190. The van der Waals surface area contributed by atoms with Crippen LogP contribution in [0.1, 0.15) is 11.1 Å². The highest BCUT2D eigenvalue weighted by atomic mass is 19.1. The van der Waals surface area contributed by atoms with Gasteiger partial charge in [-0.25, -0.2) is 4.39 Å². The molecule has 0 aliphatic carbocycles. The molecule has 16 heavy (non-hydrogen) atoms. The lowest BCUT2D eigenvalue weighted by atomic mass is 9.95. The molecule has 0 bridgehead atoms. The van der Waals surface area contributed by atoms with Crippen LogP contribution in [0.4, 0.5) is 4.39 Å². The molecule has 0 heterocycles. The number of aryl methyl sites for hydroxylation is 2. The zero-order valence-corrected chi connectivity index (χ0v) is 9.29. The van der Waals surface area contributed by atoms with Crippen molar-refractivity contribution in [2.75, 3.05) is 0 Å². The van der Waals surface area contributed by atoms with E-state index in [2.05, 4.69) is 0 Å². The van der Waals surface area contributed by atoms with E-state index in [1.807, 2.05) is 26.0 Å². The van der Waals surface area contributed by atoms with Crippen LogP contribution in [0.3, 0.4) is 0 Å². The van der Waals surface area contributed by atoms with Crippen molar-refractivity contribution in [3.05, 3.63) is 53.3 Å². The third-order valence-electron chi connectivity index (χ3n) is 2.67. The van der Waals surface area contributed by atoms with Gasteiger partial charge in [-0.1, -0.05) is 18.2 Å². The lowest BCUT2D eigenvalue weighted by molar-refractivity contribution is 0.477. The van der Waals surface area contributed by atoms with Gasteiger partial charge in [0.15, 0.2) is 0 Å². The Morgan fingerprint density at radius 3 is 2.12 bits per heavy atom. The second-order valence-electron chi connectivity index (χ2n) is 3.93. The molecule has 0 unspecified atom stereocenters. The van der Waals surface area contributed by atoms with Crippen molar-refractivity contribution in [2.45, 2.75) is 13.8 Å². The number of aromatic hydroxyl groups is 1. The lowest BCUT2D eigenvalue weighted by Crippen LogP contribution is -1.90. The number of halogens is 1. The van der Waals surface area contributed by atoms with E-state index in [1.165, 1.54) is 12.1 Å². The number of hydrogen-bond donors (Lipinski definition) is 1. The molecular weight excluding hydrogens is 203 g/mol. The van der Waals surface area contributed by atoms with Gasteiger partial charge in [-0.3, -0.25) is 0 Å². The Balaban J connectivity index is 2.70. The van der Waals surface area contributed by atoms with Crippen molar-refractivity contribution in [1.29, 1.82) is 0 Å². The maximum absolute atomic E-state index is 13.2. The SMILES string of the molecule is Cc1cc(F)cc(C)c1-c1ccccc1O. The van der Waals surface area contributed by atoms with Gasteiger partial charge in [-0.05, 0) is 48.7 Å². The zero-order valence-electron chi connectivity index (χ0n) is 9.29. The third kappa shape index (κ3) is 1.78. The topological polar surface area (TPSA) is 20.2 Å². The van der Waals surface area contributed by atoms with E-state index < -0.39 is 0 Å². The summed E-state index contributed by atoms with van der Waals surface area (Å²) in [6.45, 7) is 3.69. The van der Waals surface area contributed by atoms with Crippen molar-refractivity contribution in [3.8, 4) is 16.9 Å². The number of benzene rings is 2. The summed E-state index contributed by atoms with van der Waals surface area (Å²) < 4.78 is 13.2. The van der Waals surface area contributed by atoms with E-state index in [1.54, 1.807) is 12.1 Å². The van der Waals surface area contributed by atoms with Crippen LogP contribution >= 0.6 is 0 Å². The molecule has 2 aromatic rings. The van der Waals surface area contributed by atoms with E-state index in [4.69, 9.17) is 0 Å². The molecule has 2 heteroatoms. The first kappa shape index (κ1) is 10.7. The van der Waals surface area contributed by atoms with E-state index >= 15 is 0 Å². The maximum Gasteiger partial charge on any atom is 0.123 e. The summed E-state index contributed by atoms with van der Waals surface area (Å²) in [7, 11) is 0. The zero-order chi connectivity index (χ0) is 11.7. The van der Waals surface area contributed by atoms with Crippen LogP contribution in [0.5, 0.6) is 5.75 Å². The molecule has 2 aromatic carbocycles. The molecule has 0 radical (unpaired) electrons. The average Bonchev–Trinajstić information content (AvgIpc) is 2.19. The fourth-order valence-electron chi connectivity index (χ4n) is 2.02. The summed E-state index contributed by atoms with van der Waals surface area (Å²) in [6, 6.07) is 10.1. The summed E-state index contributed by atoms with van der Waals surface area (Å²) in [5, 5.41) is 9.79. The van der Waals surface area contributed by atoms with Crippen LogP contribution in [0.2, 0.25) is 0 Å². The molecule has 2 rings (SSSR count). The maximum atomic E-state index is 13.2. The Morgan fingerprint density at radius 1 is 1.00 bits per heavy atom. The summed E-state index contributed by atoms with van der Waals surface area (Å²) in [6.07, 6.45) is 0. The molecule has 0 spiro atoms. The minimum Gasteiger partial charge on any atom is -0.507 e. The van der Waals surface area contributed by atoms with Gasteiger partial charge in [0.1, 0.15) is 11.6 Å². The summed E-state index contributed by atoms with van der Waals surface area (Å²) in [5.41, 5.74) is 3.31. The Labute approximate surface area is 94.2 Å². The van der Waals surface area contributed by atoms with Gasteiger partial charge in [0.2, 0.25) is 0 Å². The summed E-state index contributed by atoms with van der Waals surface area (Å²) in [4.78, 5) is 0. The molecule has 82 valence electrons. The van der Waals surface area contributed by atoms with Crippen LogP contribution in [-0.2, 0) is 0 Å². The highest BCUT2D eigenvalue weighted by Crippen LogP contribution is 2.33. The molecule has 0 aliphatic rings. The van der Waals surface area contributed by atoms with Crippen molar-refractivity contribution < 1.29 is 9.50 Å². The molecule has 0 fully saturated rings. The van der Waals surface area contributed by atoms with Crippen molar-refractivity contribution >= 4 is 0 Å². The van der Waals surface area contributed by atoms with Crippen molar-refractivity contribution in [2.24, 2.45) is 0 Å². The molecule has 0 amide bonds. The molecule has 1 N–H and O–H groups in total. The van der Waals surface area contributed by atoms with Gasteiger partial charge in [0.25, 0.3) is 0 Å². The second kappa shape index (κ2) is 3.97. The number of phenols is 1. The predicted molar refractivity (Wildman–Crippen MR) is 63.0 cm³/mol. The van der Waals surface area contributed by atoms with E-state index in [0.717, 1.165) is 22.3 Å². The fraction of sp³-hybridized carbons (Fsp3) is 0.143. The number of rotatable bonds is 1. The van der Waals surface area contributed by atoms with Gasteiger partial charge in [0, 0.05) is 5.56 Å². The Morgan fingerprint density at radius 2 is 1.56 bits per heavy atom. The van der Waals surface area contributed by atoms with E-state index in [0.29, 0.717) is 0 Å². The van der Waals surface area contributed by atoms with Crippen molar-refractivity contribution in [1.82, 2.24) is 0 Å². The number of phenolic OH excluding ortho intramolecular Hbond substituents is 1. The first-order valence-electron chi connectivity index (χ1n) is 5.14. The predicted octanol–water partition coefficient (Wildman–Crippen LogP) is 3.82. The summed E-state index contributed by atoms with van der Waals surface area (Å²) >= 11 is 0. The van der Waals surface area contributed by atoms with Gasteiger partial charge in [0.05, 0.1) is 0 Å². The van der Waals surface area contributed by atoms with Gasteiger partial charge < -0.3 is 5.11 Å². The highest BCUT2D eigenvalue weighted by molar-refractivity contribution is 5.75. The van der Waals surface area contributed by atoms with Crippen LogP contribution < -0.4 is 0 Å². The number of para-hydroxylation sites is 1. The first-order valence-corrected chi connectivity index (χ1v) is 5.14. The van der Waals surface area contributed by atoms with Crippen LogP contribution in [0.15, 0.2) is 36.4 Å². The third-order valence-corrected chi connectivity index (χ3v) is 2.67. The molecule has 0 saturated heterocycles. The van der Waals surface area contributed by atoms with Gasteiger partial charge >= 0.3 is 0 Å². The molecule has 0 aromatic heterocycles. The Kier molecular flexibility index (Phi) is 2.65. The number of hydrogen-bond acceptors (Lipinski definition) is 1. The second-order valence-corrected chi connectivity index (χ2v) is 3.93. The van der Waals surface area contributed by atoms with E-state index in [9.17, 15) is 9.50 Å². The standard InChI is InChI=1S/C14H13FO/c1-9-7-11(15)8-10(2)14(9)12-5-3-4-6-13(12)16/h3-8,16H,1-2H3. The Hall–Kier alpha value is -1.83. The average molecular weight is 216 g/mol. The van der Waals surface area contributed by atoms with Crippen molar-refractivity contribution in [3.63, 3.8) is 0 Å². The minimum atomic E-state index is -0.242. The fourth-order valence-corrected chi connectivity index (χ4v) is 2.02. The van der Waals surface area contributed by atoms with E-state index in [-0.39, 0.29) is 11.6 Å². The molecular formula is C14H13FO. The van der Waals surface area contributed by atoms with Crippen LogP contribution in [-0.4, -0.2) is 5.11 Å². The molecule has 0 aliphatic heterocycles. The van der Waals surface area contributed by atoms with Gasteiger partial charge in [-0.2, -0.15) is 0 Å². The van der Waals surface area contributed by atoms with Crippen LogP contribution in [0.25, 0.3) is 11.1 Å².